The predicted octanol–water partition coefficient (Wildman–Crippen LogP) is 1.36. The quantitative estimate of drug-likeness (QED) is 0.460. The summed E-state index contributed by atoms with van der Waals surface area (Å²) < 4.78 is 0. The molecule has 0 aromatic heterocycles. The van der Waals surface area contributed by atoms with E-state index in [9.17, 15) is 19.8 Å². The molecule has 1 heterocycles. The number of nitrogens with one attached hydrogen (secondary N) is 1. The second-order valence-corrected chi connectivity index (χ2v) is 6.93. The number of β-amino-alcohol motifs (C(OH)–C–C–N with tert-alkyl or cyclic N) is 1. The molecule has 7 nitrogen and oxygen atoms in total. The van der Waals surface area contributed by atoms with Gasteiger partial charge in [-0.15, -0.1) is 0 Å². The first-order chi connectivity index (χ1) is 13.5. The van der Waals surface area contributed by atoms with Crippen LogP contribution in [0.4, 0.5) is 0 Å². The van der Waals surface area contributed by atoms with Crippen molar-refractivity contribution < 1.29 is 25.0 Å². The van der Waals surface area contributed by atoms with E-state index in [-0.39, 0.29) is 6.54 Å². The van der Waals surface area contributed by atoms with Crippen LogP contribution in [0.15, 0.2) is 48.5 Å². The molecule has 28 heavy (non-hydrogen) atoms. The Hall–Kier alpha value is -2.74. The van der Waals surface area contributed by atoms with E-state index < -0.39 is 30.1 Å². The highest BCUT2D eigenvalue weighted by Gasteiger charge is 2.47. The van der Waals surface area contributed by atoms with E-state index in [0.717, 1.165) is 23.3 Å². The second kappa shape index (κ2) is 8.52. The molecule has 3 rings (SSSR count). The molecule has 4 N–H and O–H groups in total. The Labute approximate surface area is 163 Å². The zero-order valence-corrected chi connectivity index (χ0v) is 15.6. The molecule has 2 aromatic carbocycles. The van der Waals surface area contributed by atoms with Crippen molar-refractivity contribution in [2.45, 2.75) is 38.0 Å². The van der Waals surface area contributed by atoms with Gasteiger partial charge in [0.1, 0.15) is 18.2 Å². The van der Waals surface area contributed by atoms with Crippen LogP contribution in [0.2, 0.25) is 0 Å². The van der Waals surface area contributed by atoms with Crippen molar-refractivity contribution in [1.82, 2.24) is 10.4 Å². The number of hydroxylamine groups is 1. The van der Waals surface area contributed by atoms with Gasteiger partial charge in [0, 0.05) is 5.56 Å². The lowest BCUT2D eigenvalue weighted by molar-refractivity contribution is -0.136. The molecule has 2 amide bonds. The van der Waals surface area contributed by atoms with Gasteiger partial charge in [-0.05, 0) is 29.2 Å². The molecule has 148 valence electrons. The zero-order chi connectivity index (χ0) is 20.3. The molecule has 0 aliphatic carbocycles. The van der Waals surface area contributed by atoms with Crippen LogP contribution in [0.1, 0.15) is 29.3 Å². The van der Waals surface area contributed by atoms with E-state index in [0.29, 0.717) is 11.1 Å². The summed E-state index contributed by atoms with van der Waals surface area (Å²) in [6, 6.07) is 13.5. The summed E-state index contributed by atoms with van der Waals surface area (Å²) in [6.45, 7) is 1.90. The Kier molecular flexibility index (Phi) is 6.08. The molecule has 0 radical (unpaired) electrons. The van der Waals surface area contributed by atoms with Crippen LogP contribution in [0.3, 0.4) is 0 Å². The number of likely N-dealkylation sites (tertiary alicyclic amines) is 1. The molecule has 0 bridgehead atoms. The average Bonchev–Trinajstić information content (AvgIpc) is 3.02. The van der Waals surface area contributed by atoms with Crippen LogP contribution in [0.25, 0.3) is 11.1 Å². The molecule has 1 saturated heterocycles. The number of carbonyl (C=O) groups is 2. The molecule has 3 atom stereocenters. The van der Waals surface area contributed by atoms with Gasteiger partial charge in [0.15, 0.2) is 0 Å². The number of aliphatic hydroxyl groups excluding tert-OH is 2. The third-order valence-electron chi connectivity index (χ3n) is 5.04. The molecule has 1 aliphatic rings. The van der Waals surface area contributed by atoms with Crippen molar-refractivity contribution in [2.24, 2.45) is 0 Å². The smallest absolute Gasteiger partial charge is 0.268 e. The lowest BCUT2D eigenvalue weighted by Gasteiger charge is -2.25. The maximum absolute atomic E-state index is 13.2. The first-order valence-corrected chi connectivity index (χ1v) is 9.27. The second-order valence-electron chi connectivity index (χ2n) is 6.93. The number of carbonyl (C=O) groups excluding carboxylic acids is 2. The van der Waals surface area contributed by atoms with Crippen LogP contribution in [-0.4, -0.2) is 56.9 Å². The largest absolute Gasteiger partial charge is 0.388 e. The van der Waals surface area contributed by atoms with Gasteiger partial charge in [0.25, 0.3) is 11.8 Å². The van der Waals surface area contributed by atoms with E-state index in [4.69, 9.17) is 5.21 Å². The SMILES string of the molecule is CCCc1ccc(-c2ccccc2C(=O)N2CC(O)C(O)C2C(=O)NO)cc1. The number of rotatable bonds is 5. The third-order valence-corrected chi connectivity index (χ3v) is 5.04. The summed E-state index contributed by atoms with van der Waals surface area (Å²) in [5.41, 5.74) is 4.56. The lowest BCUT2D eigenvalue weighted by Crippen LogP contribution is -2.49. The Morgan fingerprint density at radius 1 is 1.11 bits per heavy atom. The minimum Gasteiger partial charge on any atom is -0.388 e. The highest BCUT2D eigenvalue weighted by atomic mass is 16.5. The third kappa shape index (κ3) is 3.77. The van der Waals surface area contributed by atoms with E-state index in [1.165, 1.54) is 11.0 Å². The van der Waals surface area contributed by atoms with E-state index in [1.54, 1.807) is 12.1 Å². The minimum absolute atomic E-state index is 0.206. The Morgan fingerprint density at radius 2 is 1.79 bits per heavy atom. The fourth-order valence-corrected chi connectivity index (χ4v) is 3.61. The van der Waals surface area contributed by atoms with Gasteiger partial charge in [-0.3, -0.25) is 14.8 Å². The summed E-state index contributed by atoms with van der Waals surface area (Å²) in [4.78, 5) is 26.2. The number of nitrogens with zero attached hydrogens (tertiary/aromatic N) is 1. The first-order valence-electron chi connectivity index (χ1n) is 9.27. The molecule has 3 unspecified atom stereocenters. The maximum Gasteiger partial charge on any atom is 0.268 e. The number of amides is 2. The standard InChI is InChI=1S/C21H24N2O5/c1-2-5-13-8-10-14(11-9-13)15-6-3-4-7-16(15)21(27)23-12-17(24)19(25)18(23)20(26)22-28/h3-4,6-11,17-19,24-25,28H,2,5,12H2,1H3,(H,22,26). The van der Waals surface area contributed by atoms with Gasteiger partial charge < -0.3 is 15.1 Å². The van der Waals surface area contributed by atoms with Gasteiger partial charge in [-0.25, -0.2) is 5.48 Å². The average molecular weight is 384 g/mol. The highest BCUT2D eigenvalue weighted by Crippen LogP contribution is 2.28. The van der Waals surface area contributed by atoms with E-state index in [1.807, 2.05) is 36.4 Å². The summed E-state index contributed by atoms with van der Waals surface area (Å²) in [7, 11) is 0. The zero-order valence-electron chi connectivity index (χ0n) is 15.6. The number of hydrogen-bond acceptors (Lipinski definition) is 5. The number of hydrogen-bond donors (Lipinski definition) is 4. The Balaban J connectivity index is 1.95. The number of aliphatic hydroxyl groups is 2. The fraction of sp³-hybridized carbons (Fsp3) is 0.333. The van der Waals surface area contributed by atoms with Crippen LogP contribution in [0.5, 0.6) is 0 Å². The normalized spacial score (nSPS) is 21.6. The summed E-state index contributed by atoms with van der Waals surface area (Å²) in [6.07, 6.45) is -0.728. The van der Waals surface area contributed by atoms with Crippen LogP contribution in [-0.2, 0) is 11.2 Å². The molecule has 2 aromatic rings. The van der Waals surface area contributed by atoms with Crippen LogP contribution >= 0.6 is 0 Å². The van der Waals surface area contributed by atoms with Gasteiger partial charge in [-0.1, -0.05) is 55.8 Å². The van der Waals surface area contributed by atoms with Crippen molar-refractivity contribution in [3.05, 3.63) is 59.7 Å². The molecule has 1 fully saturated rings. The molecular weight excluding hydrogens is 360 g/mol. The molecule has 0 spiro atoms. The summed E-state index contributed by atoms with van der Waals surface area (Å²) in [5.74, 6) is -1.45. The van der Waals surface area contributed by atoms with Crippen molar-refractivity contribution in [2.75, 3.05) is 6.54 Å². The predicted molar refractivity (Wildman–Crippen MR) is 103 cm³/mol. The number of benzene rings is 2. The fourth-order valence-electron chi connectivity index (χ4n) is 3.61. The van der Waals surface area contributed by atoms with E-state index >= 15 is 0 Å². The topological polar surface area (TPSA) is 110 Å². The molecule has 0 saturated carbocycles. The van der Waals surface area contributed by atoms with Gasteiger partial charge in [0.05, 0.1) is 6.54 Å². The Morgan fingerprint density at radius 3 is 2.43 bits per heavy atom. The first kappa shape index (κ1) is 20.0. The van der Waals surface area contributed by atoms with Gasteiger partial charge in [-0.2, -0.15) is 0 Å². The van der Waals surface area contributed by atoms with Crippen molar-refractivity contribution in [3.63, 3.8) is 0 Å². The monoisotopic (exact) mass is 384 g/mol. The van der Waals surface area contributed by atoms with Gasteiger partial charge >= 0.3 is 0 Å². The minimum atomic E-state index is -1.48. The highest BCUT2D eigenvalue weighted by molar-refractivity contribution is 6.03. The maximum atomic E-state index is 13.2. The summed E-state index contributed by atoms with van der Waals surface area (Å²) >= 11 is 0. The lowest BCUT2D eigenvalue weighted by atomic mass is 9.97. The van der Waals surface area contributed by atoms with Crippen LogP contribution < -0.4 is 5.48 Å². The van der Waals surface area contributed by atoms with Crippen molar-refractivity contribution in [1.29, 1.82) is 0 Å². The number of aryl methyl sites for hydroxylation is 1. The van der Waals surface area contributed by atoms with Crippen molar-refractivity contribution in [3.8, 4) is 11.1 Å². The molecular formula is C21H24N2O5. The van der Waals surface area contributed by atoms with E-state index in [2.05, 4.69) is 6.92 Å². The molecule has 1 aliphatic heterocycles. The molecule has 7 heteroatoms. The van der Waals surface area contributed by atoms with Crippen molar-refractivity contribution >= 4 is 11.8 Å². The van der Waals surface area contributed by atoms with Crippen LogP contribution in [0, 0.1) is 0 Å². The van der Waals surface area contributed by atoms with Gasteiger partial charge in [0.2, 0.25) is 0 Å². The summed E-state index contributed by atoms with van der Waals surface area (Å²) in [5, 5.41) is 29.0. The Bertz CT molecular complexity index is 852.